The molecule has 0 saturated carbocycles. The molecular weight excluding hydrogens is 452 g/mol. The van der Waals surface area contributed by atoms with Gasteiger partial charge >= 0.3 is 0 Å². The van der Waals surface area contributed by atoms with Gasteiger partial charge in [-0.1, -0.05) is 29.8 Å². The van der Waals surface area contributed by atoms with E-state index < -0.39 is 11.5 Å². The van der Waals surface area contributed by atoms with Crippen LogP contribution in [0.1, 0.15) is 39.5 Å². The number of benzene rings is 2. The minimum absolute atomic E-state index is 0.0223. The number of carbonyl (C=O) groups is 1. The monoisotopic (exact) mass is 470 g/mol. The first-order valence-electron chi connectivity index (χ1n) is 10.7. The first-order chi connectivity index (χ1) is 16.4. The molecule has 1 unspecified atom stereocenters. The van der Waals surface area contributed by atoms with Gasteiger partial charge in [0.1, 0.15) is 11.3 Å². The van der Waals surface area contributed by atoms with Crippen LogP contribution in [0.3, 0.4) is 0 Å². The summed E-state index contributed by atoms with van der Waals surface area (Å²) in [7, 11) is 1.74. The summed E-state index contributed by atoms with van der Waals surface area (Å²) >= 11 is 6.02. The Hall–Kier alpha value is -4.22. The number of hydrogen-bond acceptors (Lipinski definition) is 5. The van der Waals surface area contributed by atoms with E-state index >= 15 is 0 Å². The molecule has 5 rings (SSSR count). The average molecular weight is 471 g/mol. The lowest BCUT2D eigenvalue weighted by Gasteiger charge is -2.15. The lowest BCUT2D eigenvalue weighted by Crippen LogP contribution is -2.35. The number of nitrogens with one attached hydrogen (secondary N) is 1. The highest BCUT2D eigenvalue weighted by molar-refractivity contribution is 6.30. The molecule has 0 fully saturated rings. The van der Waals surface area contributed by atoms with E-state index in [1.807, 2.05) is 12.1 Å². The van der Waals surface area contributed by atoms with Gasteiger partial charge in [0, 0.05) is 17.6 Å². The molecule has 0 radical (unpaired) electrons. The maximum Gasteiger partial charge on any atom is 0.284 e. The third kappa shape index (κ3) is 3.98. The molecule has 1 aliphatic carbocycles. The minimum Gasteiger partial charge on any atom is -0.345 e. The number of fused-ring (bicyclic) bond motifs is 1. The molecule has 0 saturated heterocycles. The SMILES string of the molecule is Cn1cc(-n2nc(-c3ccc(Cl)cc3)cc(C(=O)NC3CCc4cc(C#N)ccc43)c2=O)cn1. The molecule has 1 N–H and O–H groups in total. The lowest BCUT2D eigenvalue weighted by atomic mass is 10.0. The number of halogens is 1. The summed E-state index contributed by atoms with van der Waals surface area (Å²) in [6.45, 7) is 0. The fourth-order valence-electron chi connectivity index (χ4n) is 4.18. The number of nitrogens with zero attached hydrogens (tertiary/aromatic N) is 5. The van der Waals surface area contributed by atoms with Crippen molar-refractivity contribution in [3.63, 3.8) is 0 Å². The maximum absolute atomic E-state index is 13.3. The summed E-state index contributed by atoms with van der Waals surface area (Å²) in [6, 6.07) is 15.9. The Morgan fingerprint density at radius 2 is 2.00 bits per heavy atom. The zero-order valence-corrected chi connectivity index (χ0v) is 19.0. The van der Waals surface area contributed by atoms with E-state index in [0.29, 0.717) is 34.0 Å². The van der Waals surface area contributed by atoms with Gasteiger partial charge in [-0.2, -0.15) is 20.1 Å². The topological polar surface area (TPSA) is 106 Å². The number of nitriles is 1. The third-order valence-electron chi connectivity index (χ3n) is 5.89. The highest BCUT2D eigenvalue weighted by atomic mass is 35.5. The van der Waals surface area contributed by atoms with Crippen LogP contribution < -0.4 is 10.9 Å². The van der Waals surface area contributed by atoms with Gasteiger partial charge in [0.2, 0.25) is 0 Å². The molecule has 168 valence electrons. The van der Waals surface area contributed by atoms with Crippen molar-refractivity contribution in [2.75, 3.05) is 0 Å². The second-order valence-corrected chi connectivity index (χ2v) is 8.57. The first-order valence-corrected chi connectivity index (χ1v) is 11.0. The summed E-state index contributed by atoms with van der Waals surface area (Å²) in [5.41, 5.74) is 3.65. The number of rotatable bonds is 4. The molecule has 0 spiro atoms. The van der Waals surface area contributed by atoms with E-state index in [-0.39, 0.29) is 11.6 Å². The molecule has 9 heteroatoms. The Morgan fingerprint density at radius 3 is 2.71 bits per heavy atom. The van der Waals surface area contributed by atoms with Crippen LogP contribution in [0.4, 0.5) is 0 Å². The van der Waals surface area contributed by atoms with E-state index in [1.165, 1.54) is 16.9 Å². The van der Waals surface area contributed by atoms with Crippen LogP contribution in [0.25, 0.3) is 16.9 Å². The smallest absolute Gasteiger partial charge is 0.284 e. The molecule has 34 heavy (non-hydrogen) atoms. The van der Waals surface area contributed by atoms with E-state index in [0.717, 1.165) is 17.5 Å². The van der Waals surface area contributed by atoms with Crippen LogP contribution in [0.2, 0.25) is 5.02 Å². The summed E-state index contributed by atoms with van der Waals surface area (Å²) < 4.78 is 2.75. The van der Waals surface area contributed by atoms with Crippen LogP contribution in [0.15, 0.2) is 65.7 Å². The van der Waals surface area contributed by atoms with E-state index in [2.05, 4.69) is 21.6 Å². The number of amides is 1. The van der Waals surface area contributed by atoms with E-state index in [1.54, 1.807) is 48.3 Å². The molecule has 0 aliphatic heterocycles. The zero-order chi connectivity index (χ0) is 23.8. The Bertz CT molecular complexity index is 1510. The first kappa shape index (κ1) is 21.6. The van der Waals surface area contributed by atoms with Gasteiger partial charge in [0.25, 0.3) is 11.5 Å². The molecule has 1 atom stereocenters. The normalized spacial score (nSPS) is 14.4. The van der Waals surface area contributed by atoms with Gasteiger partial charge in [0.05, 0.1) is 35.8 Å². The van der Waals surface area contributed by atoms with Crippen LogP contribution in [-0.2, 0) is 13.5 Å². The van der Waals surface area contributed by atoms with Crippen molar-refractivity contribution in [2.24, 2.45) is 7.05 Å². The highest BCUT2D eigenvalue weighted by Crippen LogP contribution is 2.32. The van der Waals surface area contributed by atoms with Crippen molar-refractivity contribution in [2.45, 2.75) is 18.9 Å². The second kappa shape index (κ2) is 8.61. The largest absolute Gasteiger partial charge is 0.345 e. The van der Waals surface area contributed by atoms with E-state index in [4.69, 9.17) is 16.9 Å². The molecule has 2 heterocycles. The summed E-state index contributed by atoms with van der Waals surface area (Å²) in [5, 5.41) is 21.3. The zero-order valence-electron chi connectivity index (χ0n) is 18.2. The summed E-state index contributed by atoms with van der Waals surface area (Å²) in [4.78, 5) is 26.6. The van der Waals surface area contributed by atoms with Crippen LogP contribution in [0, 0.1) is 11.3 Å². The average Bonchev–Trinajstić information content (AvgIpc) is 3.45. The number of hydrogen-bond donors (Lipinski definition) is 1. The van der Waals surface area contributed by atoms with Gasteiger partial charge < -0.3 is 5.32 Å². The molecule has 1 aliphatic rings. The Morgan fingerprint density at radius 1 is 1.21 bits per heavy atom. The Balaban J connectivity index is 1.55. The minimum atomic E-state index is -0.540. The predicted molar refractivity (Wildman–Crippen MR) is 127 cm³/mol. The maximum atomic E-state index is 13.3. The molecule has 2 aromatic heterocycles. The van der Waals surface area contributed by atoms with Gasteiger partial charge in [-0.15, -0.1) is 0 Å². The third-order valence-corrected chi connectivity index (χ3v) is 6.14. The van der Waals surface area contributed by atoms with Crippen molar-refractivity contribution >= 4 is 17.5 Å². The fraction of sp³-hybridized carbons (Fsp3) is 0.160. The van der Waals surface area contributed by atoms with Gasteiger partial charge in [-0.3, -0.25) is 14.3 Å². The Kier molecular flexibility index (Phi) is 5.48. The van der Waals surface area contributed by atoms with Crippen molar-refractivity contribution in [1.29, 1.82) is 5.26 Å². The molecule has 2 aromatic carbocycles. The summed E-state index contributed by atoms with van der Waals surface area (Å²) in [5.74, 6) is -0.484. The number of aromatic nitrogens is 4. The van der Waals surface area contributed by atoms with E-state index in [9.17, 15) is 9.59 Å². The van der Waals surface area contributed by atoms with Gasteiger partial charge in [0.15, 0.2) is 0 Å². The molecule has 8 nitrogen and oxygen atoms in total. The highest BCUT2D eigenvalue weighted by Gasteiger charge is 2.26. The summed E-state index contributed by atoms with van der Waals surface area (Å²) in [6.07, 6.45) is 4.62. The number of aryl methyl sites for hydroxylation is 2. The number of carbonyl (C=O) groups excluding carboxylic acids is 1. The Labute approximate surface area is 200 Å². The molecular formula is C25H19ClN6O2. The van der Waals surface area contributed by atoms with Crippen LogP contribution in [0.5, 0.6) is 0 Å². The van der Waals surface area contributed by atoms with Gasteiger partial charge in [-0.25, -0.2) is 0 Å². The van der Waals surface area contributed by atoms with Crippen LogP contribution >= 0.6 is 11.6 Å². The molecule has 0 bridgehead atoms. The quantitative estimate of drug-likeness (QED) is 0.490. The predicted octanol–water partition coefficient (Wildman–Crippen LogP) is 3.58. The second-order valence-electron chi connectivity index (χ2n) is 8.13. The lowest BCUT2D eigenvalue weighted by molar-refractivity contribution is 0.0934. The fourth-order valence-corrected chi connectivity index (χ4v) is 4.31. The van der Waals surface area contributed by atoms with Crippen molar-refractivity contribution in [3.8, 4) is 23.0 Å². The van der Waals surface area contributed by atoms with Crippen molar-refractivity contribution in [1.82, 2.24) is 24.9 Å². The van der Waals surface area contributed by atoms with Crippen molar-refractivity contribution < 1.29 is 4.79 Å². The molecule has 1 amide bonds. The van der Waals surface area contributed by atoms with Gasteiger partial charge in [-0.05, 0) is 54.3 Å². The van der Waals surface area contributed by atoms with Crippen LogP contribution in [-0.4, -0.2) is 25.5 Å². The molecule has 4 aromatic rings. The van der Waals surface area contributed by atoms with Crippen molar-refractivity contribution in [3.05, 3.63) is 98.6 Å². The standard InChI is InChI=1S/C25H19ClN6O2/c1-31-14-19(13-28-31)32-25(34)21(11-23(30-32)16-3-6-18(26)7-4-16)24(33)29-22-9-5-17-10-15(12-27)2-8-20(17)22/h2-4,6-8,10-11,13-14,22H,5,9H2,1H3,(H,29,33).